The molecule has 2 aromatic heterocycles. The third-order valence-electron chi connectivity index (χ3n) is 7.07. The van der Waals surface area contributed by atoms with Gasteiger partial charge in [-0.25, -0.2) is 9.48 Å². The Morgan fingerprint density at radius 3 is 2.69 bits per heavy atom. The molecular formula is C26H33B3N4O5S. The number of thiophene rings is 1. The maximum atomic E-state index is 14.2. The van der Waals surface area contributed by atoms with Crippen LogP contribution in [-0.2, 0) is 17.8 Å². The first-order chi connectivity index (χ1) is 18.6. The molecule has 39 heavy (non-hydrogen) atoms. The first-order valence-electron chi connectivity index (χ1n) is 13.3. The molecule has 3 aromatic rings. The van der Waals surface area contributed by atoms with Crippen molar-refractivity contribution in [3.63, 3.8) is 0 Å². The second-order valence-electron chi connectivity index (χ2n) is 11.3. The normalized spacial score (nSPS) is 14.6. The van der Waals surface area contributed by atoms with Crippen LogP contribution in [0.4, 0.5) is 4.79 Å². The molecule has 0 saturated carbocycles. The molecule has 0 N–H and O–H groups in total. The summed E-state index contributed by atoms with van der Waals surface area (Å²) in [4.78, 5) is 29.6. The number of amides is 2. The number of nitrogens with zero attached hydrogens (tertiary/aromatic N) is 4. The Balaban J connectivity index is 1.60. The number of rotatable bonds is 9. The Labute approximate surface area is 235 Å². The Morgan fingerprint density at radius 1 is 1.28 bits per heavy atom. The fourth-order valence-electron chi connectivity index (χ4n) is 5.17. The number of hydrogen-bond donors (Lipinski definition) is 0. The minimum atomic E-state index is -0.495. The van der Waals surface area contributed by atoms with Crippen molar-refractivity contribution >= 4 is 46.9 Å². The lowest BCUT2D eigenvalue weighted by Gasteiger charge is -2.37. The highest BCUT2D eigenvalue weighted by molar-refractivity contribution is 7.08. The summed E-state index contributed by atoms with van der Waals surface area (Å²) in [5.41, 5.74) is 4.86. The fraction of sp³-hybridized carbons (Fsp3) is 0.423. The van der Waals surface area contributed by atoms with Crippen LogP contribution in [0.1, 0.15) is 35.5 Å². The number of cyclic esters (lactones) is 1. The maximum Gasteiger partial charge on any atom is 0.409 e. The van der Waals surface area contributed by atoms with Gasteiger partial charge in [0.2, 0.25) is 0 Å². The van der Waals surface area contributed by atoms with Gasteiger partial charge in [0.25, 0.3) is 5.91 Å². The van der Waals surface area contributed by atoms with Crippen molar-refractivity contribution in [3.05, 3.63) is 45.8 Å². The van der Waals surface area contributed by atoms with E-state index in [1.807, 2.05) is 51.1 Å². The Bertz CT molecular complexity index is 1390. The lowest BCUT2D eigenvalue weighted by atomic mass is 9.48. The number of carbonyl (C=O) groups is 2. The molecule has 1 saturated heterocycles. The minimum absolute atomic E-state index is 0.191. The van der Waals surface area contributed by atoms with Gasteiger partial charge < -0.3 is 24.0 Å². The van der Waals surface area contributed by atoms with E-state index in [4.69, 9.17) is 19.3 Å². The van der Waals surface area contributed by atoms with E-state index in [9.17, 15) is 9.59 Å². The zero-order valence-corrected chi connectivity index (χ0v) is 24.3. The summed E-state index contributed by atoms with van der Waals surface area (Å²) in [6.07, 6.45) is 0.508. The number of carbonyl (C=O) groups excluding carboxylic acids is 2. The van der Waals surface area contributed by atoms with Crippen LogP contribution in [-0.4, -0.2) is 93.7 Å². The summed E-state index contributed by atoms with van der Waals surface area (Å²) in [6.45, 7) is 6.24. The topological polar surface area (TPSA) is 86.1 Å². The molecule has 202 valence electrons. The smallest absolute Gasteiger partial charge is 0.409 e. The summed E-state index contributed by atoms with van der Waals surface area (Å²) in [7, 11) is 7.65. The molecular weight excluding hydrogens is 513 g/mol. The lowest BCUT2D eigenvalue weighted by molar-refractivity contribution is 0.0725. The van der Waals surface area contributed by atoms with Crippen molar-refractivity contribution in [3.8, 4) is 28.4 Å². The molecule has 13 heteroatoms. The van der Waals surface area contributed by atoms with Gasteiger partial charge in [0.15, 0.2) is 5.69 Å². The van der Waals surface area contributed by atoms with Gasteiger partial charge >= 0.3 is 6.09 Å². The van der Waals surface area contributed by atoms with Crippen LogP contribution in [0.15, 0.2) is 29.0 Å². The third-order valence-corrected chi connectivity index (χ3v) is 7.74. The average Bonchev–Trinajstić information content (AvgIpc) is 3.62. The molecule has 2 aliphatic rings. The van der Waals surface area contributed by atoms with E-state index in [1.165, 1.54) is 0 Å². The van der Waals surface area contributed by atoms with Gasteiger partial charge in [0.1, 0.15) is 48.3 Å². The van der Waals surface area contributed by atoms with Gasteiger partial charge in [-0.15, -0.1) is 0 Å². The first-order valence-corrected chi connectivity index (χ1v) is 14.2. The van der Waals surface area contributed by atoms with Crippen LogP contribution in [0.3, 0.4) is 0 Å². The Kier molecular flexibility index (Phi) is 7.46. The van der Waals surface area contributed by atoms with Gasteiger partial charge in [0.05, 0.1) is 25.0 Å². The Hall–Kier alpha value is -3.34. The predicted octanol–water partition coefficient (Wildman–Crippen LogP) is 1.11. The molecule has 2 amide bonds. The molecule has 2 aliphatic heterocycles. The van der Waals surface area contributed by atoms with Crippen LogP contribution in [0.25, 0.3) is 16.9 Å². The zero-order chi connectivity index (χ0) is 27.9. The van der Waals surface area contributed by atoms with Gasteiger partial charge in [0, 0.05) is 35.7 Å². The summed E-state index contributed by atoms with van der Waals surface area (Å²) in [5, 5.41) is 8.44. The fourth-order valence-corrected chi connectivity index (χ4v) is 5.78. The van der Waals surface area contributed by atoms with Crippen LogP contribution in [0.2, 0.25) is 0 Å². The lowest BCUT2D eigenvalue weighted by Crippen LogP contribution is -2.56. The molecule has 0 aliphatic carbocycles. The average molecular weight is 546 g/mol. The molecule has 0 bridgehead atoms. The number of fused-ring (bicyclic) bond motifs is 3. The first kappa shape index (κ1) is 27.2. The van der Waals surface area contributed by atoms with Crippen molar-refractivity contribution in [2.24, 2.45) is 5.92 Å². The summed E-state index contributed by atoms with van der Waals surface area (Å²) >= 11 is 1.58. The number of ether oxygens (including phenoxy) is 3. The predicted molar refractivity (Wildman–Crippen MR) is 159 cm³/mol. The molecule has 0 atom stereocenters. The highest BCUT2D eigenvalue weighted by Crippen LogP contribution is 2.44. The quantitative estimate of drug-likeness (QED) is 0.374. The van der Waals surface area contributed by atoms with E-state index < -0.39 is 5.24 Å². The van der Waals surface area contributed by atoms with Gasteiger partial charge in [-0.1, -0.05) is 13.8 Å². The van der Waals surface area contributed by atoms with Crippen LogP contribution in [0, 0.1) is 5.92 Å². The number of benzene rings is 1. The van der Waals surface area contributed by atoms with Gasteiger partial charge in [-0.2, -0.15) is 16.4 Å². The summed E-state index contributed by atoms with van der Waals surface area (Å²) < 4.78 is 18.9. The van der Waals surface area contributed by atoms with E-state index in [-0.39, 0.29) is 18.6 Å². The Morgan fingerprint density at radius 2 is 2.08 bits per heavy atom. The van der Waals surface area contributed by atoms with Crippen molar-refractivity contribution in [1.82, 2.24) is 19.6 Å². The largest absolute Gasteiger partial charge is 0.496 e. The molecule has 1 aromatic carbocycles. The molecule has 1 fully saturated rings. The standard InChI is InChI=1S/C26H33B3N4O5S/c1-15(2)10-16-11-18-21(12-20(16)36-3)38-13-19-22(30-33(23(18)19)17-4-9-39-14-17)24(34)32(26(27,28)29)6-5-31-7-8-37-25(31)35/h4,9,11-12,14-15H,5-8,10,13,27-29H2,1-3H3. The molecule has 0 spiro atoms. The van der Waals surface area contributed by atoms with Crippen LogP contribution in [0.5, 0.6) is 11.5 Å². The number of methoxy groups -OCH3 is 1. The third kappa shape index (κ3) is 5.28. The highest BCUT2D eigenvalue weighted by Gasteiger charge is 2.36. The van der Waals surface area contributed by atoms with E-state index in [2.05, 4.69) is 19.9 Å². The van der Waals surface area contributed by atoms with E-state index in [0.717, 1.165) is 40.2 Å². The van der Waals surface area contributed by atoms with Crippen molar-refractivity contribution in [1.29, 1.82) is 0 Å². The molecule has 4 heterocycles. The summed E-state index contributed by atoms with van der Waals surface area (Å²) in [5.74, 6) is 1.75. The minimum Gasteiger partial charge on any atom is -0.496 e. The molecule has 0 radical (unpaired) electrons. The van der Waals surface area contributed by atoms with E-state index in [1.54, 1.807) is 28.2 Å². The van der Waals surface area contributed by atoms with Gasteiger partial charge in [-0.3, -0.25) is 4.79 Å². The summed E-state index contributed by atoms with van der Waals surface area (Å²) in [6, 6.07) is 6.06. The molecule has 5 rings (SSSR count). The van der Waals surface area contributed by atoms with Gasteiger partial charge in [-0.05, 0) is 40.7 Å². The molecule has 9 nitrogen and oxygen atoms in total. The SMILES string of the molecule is BC(B)(B)N(CCN1CCOC1=O)C(=O)c1nn(-c2ccsc2)c2c1COc1cc(OC)c(CC(C)C)cc1-2. The second-order valence-corrected chi connectivity index (χ2v) is 12.1. The van der Waals surface area contributed by atoms with Crippen molar-refractivity contribution < 1.29 is 23.8 Å². The van der Waals surface area contributed by atoms with E-state index >= 15 is 0 Å². The molecule has 0 unspecified atom stereocenters. The zero-order valence-electron chi connectivity index (χ0n) is 23.4. The number of hydrogen-bond acceptors (Lipinski definition) is 7. The van der Waals surface area contributed by atoms with Crippen molar-refractivity contribution in [2.45, 2.75) is 32.1 Å². The van der Waals surface area contributed by atoms with Crippen molar-refractivity contribution in [2.75, 3.05) is 33.4 Å². The second kappa shape index (κ2) is 10.7. The number of aromatic nitrogens is 2. The van der Waals surface area contributed by atoms with Crippen LogP contribution < -0.4 is 9.47 Å². The maximum absolute atomic E-state index is 14.2. The monoisotopic (exact) mass is 546 g/mol. The van der Waals surface area contributed by atoms with Crippen LogP contribution >= 0.6 is 11.3 Å². The van der Waals surface area contributed by atoms with E-state index in [0.29, 0.717) is 43.6 Å². The highest BCUT2D eigenvalue weighted by atomic mass is 32.1.